The van der Waals surface area contributed by atoms with Crippen LogP contribution in [0.5, 0.6) is 11.5 Å². The van der Waals surface area contributed by atoms with Crippen molar-refractivity contribution in [3.05, 3.63) is 108 Å². The number of benzene rings is 3. The number of halogens is 1. The second kappa shape index (κ2) is 13.6. The van der Waals surface area contributed by atoms with Gasteiger partial charge in [-0.05, 0) is 75.2 Å². The molecule has 0 amide bonds. The van der Waals surface area contributed by atoms with Crippen molar-refractivity contribution >= 4 is 29.2 Å². The molecule has 0 bridgehead atoms. The Balaban J connectivity index is 0.000000488. The van der Waals surface area contributed by atoms with Crippen LogP contribution >= 0.6 is 23.5 Å². The number of hydrogen-bond donors (Lipinski definition) is 0. The average Bonchev–Trinajstić information content (AvgIpc) is 3.22. The standard InChI is InChI=1S/C24H23ClN2O2S.C4H8.C3H6/c1-24(18-5-3-2-4-6-18)28-22-12-11-21(17-23(22)29-24)30-27-15-13-26(14-16-27)20-9-7-19(25)8-10-20;1-4(2)3;1-3-2/h2-12,17H,13-16H2,1H3;1H2,2-3H3;3H,1H2,2H3. The van der Waals surface area contributed by atoms with Crippen LogP contribution in [0.1, 0.15) is 33.3 Å². The van der Waals surface area contributed by atoms with E-state index in [2.05, 4.69) is 46.6 Å². The zero-order chi connectivity index (χ0) is 26.8. The molecule has 2 heterocycles. The van der Waals surface area contributed by atoms with Crippen LogP contribution in [0.3, 0.4) is 0 Å². The molecule has 0 N–H and O–H groups in total. The number of anilines is 1. The topological polar surface area (TPSA) is 24.9 Å². The molecule has 0 aromatic heterocycles. The van der Waals surface area contributed by atoms with Gasteiger partial charge in [0.25, 0.3) is 5.79 Å². The first-order valence-electron chi connectivity index (χ1n) is 12.4. The minimum atomic E-state index is -0.781. The van der Waals surface area contributed by atoms with Gasteiger partial charge in [-0.25, -0.2) is 4.31 Å². The summed E-state index contributed by atoms with van der Waals surface area (Å²) in [6, 6.07) is 24.3. The van der Waals surface area contributed by atoms with Gasteiger partial charge in [0.15, 0.2) is 11.5 Å². The average molecular weight is 537 g/mol. The predicted octanol–water partition coefficient (Wildman–Crippen LogP) is 8.59. The summed E-state index contributed by atoms with van der Waals surface area (Å²) in [6.45, 7) is 18.7. The zero-order valence-corrected chi connectivity index (χ0v) is 23.8. The van der Waals surface area contributed by atoms with Crippen molar-refractivity contribution in [2.75, 3.05) is 31.1 Å². The first-order valence-corrected chi connectivity index (χ1v) is 13.6. The molecule has 4 nitrogen and oxygen atoms in total. The van der Waals surface area contributed by atoms with Gasteiger partial charge in [0.1, 0.15) is 0 Å². The van der Waals surface area contributed by atoms with Crippen LogP contribution in [0.15, 0.2) is 102 Å². The summed E-state index contributed by atoms with van der Waals surface area (Å²) >= 11 is 7.78. The molecule has 37 heavy (non-hydrogen) atoms. The van der Waals surface area contributed by atoms with Crippen LogP contribution in [0.4, 0.5) is 5.69 Å². The van der Waals surface area contributed by atoms with Crippen molar-refractivity contribution in [1.82, 2.24) is 4.31 Å². The summed E-state index contributed by atoms with van der Waals surface area (Å²) in [5.41, 5.74) is 3.40. The fraction of sp³-hybridized carbons (Fsp3) is 0.290. The maximum Gasteiger partial charge on any atom is 0.275 e. The van der Waals surface area contributed by atoms with Gasteiger partial charge >= 0.3 is 0 Å². The van der Waals surface area contributed by atoms with E-state index < -0.39 is 5.79 Å². The number of nitrogens with zero attached hydrogens (tertiary/aromatic N) is 2. The van der Waals surface area contributed by atoms with Crippen molar-refractivity contribution in [2.24, 2.45) is 0 Å². The zero-order valence-electron chi connectivity index (χ0n) is 22.2. The second-order valence-corrected chi connectivity index (χ2v) is 10.8. The Labute approximate surface area is 231 Å². The summed E-state index contributed by atoms with van der Waals surface area (Å²) in [4.78, 5) is 3.56. The van der Waals surface area contributed by atoms with E-state index in [0.717, 1.165) is 53.2 Å². The molecule has 3 aromatic carbocycles. The molecule has 3 aromatic rings. The minimum Gasteiger partial charge on any atom is -0.445 e. The Morgan fingerprint density at radius 2 is 1.49 bits per heavy atom. The lowest BCUT2D eigenvalue weighted by atomic mass is 10.1. The number of ether oxygens (including phenoxy) is 2. The number of hydrogen-bond acceptors (Lipinski definition) is 5. The summed E-state index contributed by atoms with van der Waals surface area (Å²) in [6.07, 6.45) is 1.75. The van der Waals surface area contributed by atoms with Crippen LogP contribution in [-0.4, -0.2) is 30.5 Å². The lowest BCUT2D eigenvalue weighted by molar-refractivity contribution is -0.0680. The van der Waals surface area contributed by atoms with Crippen LogP contribution in [0.25, 0.3) is 0 Å². The van der Waals surface area contributed by atoms with E-state index in [4.69, 9.17) is 21.1 Å². The molecular formula is C31H37ClN2O2S. The van der Waals surface area contributed by atoms with Gasteiger partial charge in [-0.1, -0.05) is 53.6 Å². The molecule has 0 radical (unpaired) electrons. The van der Waals surface area contributed by atoms with Crippen molar-refractivity contribution in [2.45, 2.75) is 38.4 Å². The van der Waals surface area contributed by atoms with Gasteiger partial charge < -0.3 is 14.4 Å². The fourth-order valence-corrected chi connectivity index (χ4v) is 4.91. The van der Waals surface area contributed by atoms with Crippen molar-refractivity contribution in [3.8, 4) is 11.5 Å². The number of piperazine rings is 1. The molecule has 1 fully saturated rings. The van der Waals surface area contributed by atoms with Gasteiger partial charge in [-0.2, -0.15) is 0 Å². The normalized spacial score (nSPS) is 18.1. The van der Waals surface area contributed by atoms with Crippen molar-refractivity contribution < 1.29 is 9.47 Å². The highest BCUT2D eigenvalue weighted by molar-refractivity contribution is 7.97. The third-order valence-electron chi connectivity index (χ3n) is 5.49. The van der Waals surface area contributed by atoms with Gasteiger partial charge in [0.2, 0.25) is 0 Å². The molecule has 1 unspecified atom stereocenters. The molecular weight excluding hydrogens is 500 g/mol. The molecule has 196 valence electrons. The maximum atomic E-state index is 6.22. The largest absolute Gasteiger partial charge is 0.445 e. The van der Waals surface area contributed by atoms with Gasteiger partial charge in [-0.3, -0.25) is 0 Å². The molecule has 1 atom stereocenters. The summed E-state index contributed by atoms with van der Waals surface area (Å²) in [5.74, 6) is 0.807. The second-order valence-electron chi connectivity index (χ2n) is 9.22. The molecule has 2 aliphatic rings. The van der Waals surface area contributed by atoms with Crippen molar-refractivity contribution in [1.29, 1.82) is 0 Å². The lowest BCUT2D eigenvalue weighted by Gasteiger charge is -2.35. The van der Waals surface area contributed by atoms with E-state index in [0.29, 0.717) is 0 Å². The van der Waals surface area contributed by atoms with Crippen LogP contribution in [0, 0.1) is 0 Å². The Hall–Kier alpha value is -2.86. The third-order valence-corrected chi connectivity index (χ3v) is 6.83. The van der Waals surface area contributed by atoms with E-state index in [-0.39, 0.29) is 0 Å². The van der Waals surface area contributed by atoms with E-state index in [9.17, 15) is 0 Å². The quantitative estimate of drug-likeness (QED) is 0.245. The molecule has 5 rings (SSSR count). The molecule has 0 aliphatic carbocycles. The predicted molar refractivity (Wildman–Crippen MR) is 159 cm³/mol. The SMILES string of the molecule is C=C(C)C.C=CC.CC1(c2ccccc2)Oc2ccc(SN3CCN(c4ccc(Cl)cc4)CC3)cc2O1. The van der Waals surface area contributed by atoms with E-state index in [1.54, 1.807) is 18.0 Å². The highest BCUT2D eigenvalue weighted by Crippen LogP contribution is 2.45. The van der Waals surface area contributed by atoms with Gasteiger partial charge in [0, 0.05) is 54.3 Å². The molecule has 0 spiro atoms. The van der Waals surface area contributed by atoms with E-state index >= 15 is 0 Å². The first-order chi connectivity index (χ1) is 17.7. The summed E-state index contributed by atoms with van der Waals surface area (Å²) < 4.78 is 14.8. The number of fused-ring (bicyclic) bond motifs is 1. The Kier molecular flexibility index (Phi) is 10.6. The van der Waals surface area contributed by atoms with Crippen molar-refractivity contribution in [3.63, 3.8) is 0 Å². The highest BCUT2D eigenvalue weighted by atomic mass is 35.5. The first kappa shape index (κ1) is 28.7. The molecule has 0 saturated carbocycles. The number of allylic oxidation sites excluding steroid dienone is 2. The summed E-state index contributed by atoms with van der Waals surface area (Å²) in [5, 5.41) is 0.777. The van der Waals surface area contributed by atoms with Crippen LogP contribution in [-0.2, 0) is 5.79 Å². The molecule has 2 aliphatic heterocycles. The van der Waals surface area contributed by atoms with Gasteiger partial charge in [-0.15, -0.1) is 13.2 Å². The Morgan fingerprint density at radius 1 is 0.919 bits per heavy atom. The van der Waals surface area contributed by atoms with Gasteiger partial charge in [0.05, 0.1) is 0 Å². The Bertz CT molecular complexity index is 1160. The molecule has 6 heteroatoms. The molecule has 1 saturated heterocycles. The summed E-state index contributed by atoms with van der Waals surface area (Å²) in [7, 11) is 0. The maximum absolute atomic E-state index is 6.22. The minimum absolute atomic E-state index is 0.777. The fourth-order valence-electron chi connectivity index (χ4n) is 3.85. The van der Waals surface area contributed by atoms with E-state index in [1.807, 2.05) is 76.2 Å². The van der Waals surface area contributed by atoms with Crippen LogP contribution < -0.4 is 14.4 Å². The lowest BCUT2D eigenvalue weighted by Crippen LogP contribution is -2.43. The Morgan fingerprint density at radius 3 is 2.08 bits per heavy atom. The smallest absolute Gasteiger partial charge is 0.275 e. The number of rotatable bonds is 4. The highest BCUT2D eigenvalue weighted by Gasteiger charge is 2.38. The monoisotopic (exact) mass is 536 g/mol. The van der Waals surface area contributed by atoms with Crippen LogP contribution in [0.2, 0.25) is 5.02 Å². The van der Waals surface area contributed by atoms with E-state index in [1.165, 1.54) is 11.3 Å². The third kappa shape index (κ3) is 8.32.